The molecule has 9 heteroatoms. The van der Waals surface area contributed by atoms with Crippen LogP contribution in [0.3, 0.4) is 0 Å². The van der Waals surface area contributed by atoms with E-state index in [1.54, 1.807) is 14.0 Å². The molecule has 1 amide bonds. The Bertz CT molecular complexity index is 718. The van der Waals surface area contributed by atoms with Gasteiger partial charge in [0.15, 0.2) is 5.69 Å². The Hall–Kier alpha value is -2.16. The lowest BCUT2D eigenvalue weighted by atomic mass is 10.3. The minimum atomic E-state index is -0.494. The smallest absolute Gasteiger partial charge is 0.356 e. The van der Waals surface area contributed by atoms with E-state index in [0.717, 1.165) is 16.6 Å². The maximum atomic E-state index is 12.1. The molecule has 2 aromatic heterocycles. The van der Waals surface area contributed by atoms with Crippen molar-refractivity contribution >= 4 is 27.8 Å². The minimum absolute atomic E-state index is 0.193. The highest BCUT2D eigenvalue weighted by molar-refractivity contribution is 9.10. The second kappa shape index (κ2) is 8.09. The van der Waals surface area contributed by atoms with Gasteiger partial charge < -0.3 is 10.1 Å². The number of hydrogen-bond acceptors (Lipinski definition) is 5. The fourth-order valence-corrected chi connectivity index (χ4v) is 2.43. The van der Waals surface area contributed by atoms with Gasteiger partial charge in [-0.25, -0.2) is 4.79 Å². The summed E-state index contributed by atoms with van der Waals surface area (Å²) in [5.41, 5.74) is 1.37. The zero-order chi connectivity index (χ0) is 17.7. The third-order valence-electron chi connectivity index (χ3n) is 3.33. The van der Waals surface area contributed by atoms with Crippen molar-refractivity contribution < 1.29 is 14.3 Å². The first-order valence-corrected chi connectivity index (χ1v) is 8.40. The SMILES string of the molecule is CCOC(=O)c1cc(C(=O)NCCCn2cc(Br)c(C)n2)nn1C. The van der Waals surface area contributed by atoms with E-state index >= 15 is 0 Å². The van der Waals surface area contributed by atoms with Crippen LogP contribution in [0.15, 0.2) is 16.7 Å². The topological polar surface area (TPSA) is 91.0 Å². The lowest BCUT2D eigenvalue weighted by Gasteiger charge is -2.03. The fourth-order valence-electron chi connectivity index (χ4n) is 2.12. The second-order valence-corrected chi connectivity index (χ2v) is 6.05. The van der Waals surface area contributed by atoms with Crippen LogP contribution in [0.25, 0.3) is 0 Å². The van der Waals surface area contributed by atoms with Gasteiger partial charge in [-0.05, 0) is 36.2 Å². The van der Waals surface area contributed by atoms with E-state index in [1.807, 2.05) is 17.8 Å². The van der Waals surface area contributed by atoms with Crippen molar-refractivity contribution in [1.29, 1.82) is 0 Å². The summed E-state index contributed by atoms with van der Waals surface area (Å²) in [7, 11) is 1.60. The molecule has 0 aliphatic carbocycles. The van der Waals surface area contributed by atoms with E-state index in [1.165, 1.54) is 10.7 Å². The summed E-state index contributed by atoms with van der Waals surface area (Å²) in [5, 5.41) is 11.2. The molecular formula is C15H20BrN5O3. The fraction of sp³-hybridized carbons (Fsp3) is 0.467. The highest BCUT2D eigenvalue weighted by atomic mass is 79.9. The molecule has 0 fully saturated rings. The highest BCUT2D eigenvalue weighted by Gasteiger charge is 2.18. The van der Waals surface area contributed by atoms with Gasteiger partial charge in [-0.1, -0.05) is 0 Å². The van der Waals surface area contributed by atoms with Crippen LogP contribution in [0.2, 0.25) is 0 Å². The van der Waals surface area contributed by atoms with Crippen molar-refractivity contribution in [3.63, 3.8) is 0 Å². The van der Waals surface area contributed by atoms with E-state index in [9.17, 15) is 9.59 Å². The number of aryl methyl sites for hydroxylation is 3. The maximum absolute atomic E-state index is 12.1. The van der Waals surface area contributed by atoms with Gasteiger partial charge in [0.25, 0.3) is 5.91 Å². The number of esters is 1. The zero-order valence-electron chi connectivity index (χ0n) is 13.9. The molecule has 0 aromatic carbocycles. The summed E-state index contributed by atoms with van der Waals surface area (Å²) in [6, 6.07) is 1.43. The predicted molar refractivity (Wildman–Crippen MR) is 90.8 cm³/mol. The van der Waals surface area contributed by atoms with Crippen LogP contribution < -0.4 is 5.32 Å². The molecule has 130 valence electrons. The number of halogens is 1. The van der Waals surface area contributed by atoms with E-state index < -0.39 is 5.97 Å². The maximum Gasteiger partial charge on any atom is 0.356 e. The molecule has 0 unspecified atom stereocenters. The van der Waals surface area contributed by atoms with Gasteiger partial charge in [-0.15, -0.1) is 0 Å². The van der Waals surface area contributed by atoms with Crippen LogP contribution in [0, 0.1) is 6.92 Å². The lowest BCUT2D eigenvalue weighted by Crippen LogP contribution is -2.25. The summed E-state index contributed by atoms with van der Waals surface area (Å²) < 4.78 is 9.05. The molecule has 2 rings (SSSR count). The first-order chi connectivity index (χ1) is 11.4. The van der Waals surface area contributed by atoms with Crippen molar-refractivity contribution in [1.82, 2.24) is 24.9 Å². The van der Waals surface area contributed by atoms with Gasteiger partial charge >= 0.3 is 5.97 Å². The first kappa shape index (κ1) is 18.2. The minimum Gasteiger partial charge on any atom is -0.461 e. The summed E-state index contributed by atoms with van der Waals surface area (Å²) in [4.78, 5) is 23.8. The molecule has 0 aliphatic heterocycles. The van der Waals surface area contributed by atoms with Crippen molar-refractivity contribution in [3.8, 4) is 0 Å². The van der Waals surface area contributed by atoms with E-state index in [0.29, 0.717) is 13.1 Å². The number of rotatable bonds is 7. The number of hydrogen-bond donors (Lipinski definition) is 1. The number of nitrogens with one attached hydrogen (secondary N) is 1. The summed E-state index contributed by atoms with van der Waals surface area (Å²) in [5.74, 6) is -0.815. The first-order valence-electron chi connectivity index (χ1n) is 7.61. The molecule has 0 radical (unpaired) electrons. The van der Waals surface area contributed by atoms with Crippen LogP contribution in [0.5, 0.6) is 0 Å². The molecule has 0 saturated heterocycles. The molecule has 1 N–H and O–H groups in total. The molecule has 0 aliphatic rings. The Labute approximate surface area is 148 Å². The predicted octanol–water partition coefficient (Wildman–Crippen LogP) is 1.68. The molecule has 24 heavy (non-hydrogen) atoms. The van der Waals surface area contributed by atoms with Crippen LogP contribution in [-0.4, -0.2) is 44.6 Å². The monoisotopic (exact) mass is 397 g/mol. The standard InChI is InChI=1S/C15H20BrN5O3/c1-4-24-15(23)13-8-12(19-20(13)3)14(22)17-6-5-7-21-9-11(16)10(2)18-21/h8-9H,4-7H2,1-3H3,(H,17,22). The third kappa shape index (κ3) is 4.44. The Morgan fingerprint density at radius 2 is 2.12 bits per heavy atom. The zero-order valence-corrected chi connectivity index (χ0v) is 15.5. The van der Waals surface area contributed by atoms with Crippen molar-refractivity contribution in [2.24, 2.45) is 7.05 Å². The average molecular weight is 398 g/mol. The third-order valence-corrected chi connectivity index (χ3v) is 4.11. The van der Waals surface area contributed by atoms with Gasteiger partial charge in [0.05, 0.1) is 16.8 Å². The van der Waals surface area contributed by atoms with Crippen LogP contribution >= 0.6 is 15.9 Å². The van der Waals surface area contributed by atoms with Gasteiger partial charge in [0.2, 0.25) is 0 Å². The Morgan fingerprint density at radius 1 is 1.38 bits per heavy atom. The van der Waals surface area contributed by atoms with Crippen molar-refractivity contribution in [2.75, 3.05) is 13.2 Å². The number of ether oxygens (including phenoxy) is 1. The number of nitrogens with zero attached hydrogens (tertiary/aromatic N) is 4. The van der Waals surface area contributed by atoms with Gasteiger partial charge in [0.1, 0.15) is 5.69 Å². The van der Waals surface area contributed by atoms with E-state index in [4.69, 9.17) is 4.74 Å². The van der Waals surface area contributed by atoms with Gasteiger partial charge in [0, 0.05) is 32.4 Å². The highest BCUT2D eigenvalue weighted by Crippen LogP contribution is 2.13. The van der Waals surface area contributed by atoms with Crippen LogP contribution in [0.1, 0.15) is 40.0 Å². The lowest BCUT2D eigenvalue weighted by molar-refractivity contribution is 0.0513. The molecule has 2 aromatic rings. The quantitative estimate of drug-likeness (QED) is 0.566. The molecule has 0 saturated carbocycles. The van der Waals surface area contributed by atoms with Crippen molar-refractivity contribution in [2.45, 2.75) is 26.8 Å². The van der Waals surface area contributed by atoms with Gasteiger partial charge in [-0.3, -0.25) is 14.2 Å². The number of amides is 1. The summed E-state index contributed by atoms with van der Waals surface area (Å²) >= 11 is 3.41. The normalized spacial score (nSPS) is 10.7. The molecular weight excluding hydrogens is 378 g/mol. The number of aromatic nitrogens is 4. The van der Waals surface area contributed by atoms with Crippen molar-refractivity contribution in [3.05, 3.63) is 33.8 Å². The Kier molecular flexibility index (Phi) is 6.13. The molecule has 2 heterocycles. The Morgan fingerprint density at radius 3 is 2.75 bits per heavy atom. The Balaban J connectivity index is 1.84. The largest absolute Gasteiger partial charge is 0.461 e. The number of carbonyl (C=O) groups excluding carboxylic acids is 2. The van der Waals surface area contributed by atoms with Crippen LogP contribution in [-0.2, 0) is 18.3 Å². The second-order valence-electron chi connectivity index (χ2n) is 5.19. The summed E-state index contributed by atoms with van der Waals surface area (Å²) in [6.07, 6.45) is 2.64. The van der Waals surface area contributed by atoms with Gasteiger partial charge in [-0.2, -0.15) is 10.2 Å². The average Bonchev–Trinajstić information content (AvgIpc) is 3.07. The van der Waals surface area contributed by atoms with E-state index in [2.05, 4.69) is 31.4 Å². The number of carbonyl (C=O) groups is 2. The summed E-state index contributed by atoms with van der Waals surface area (Å²) in [6.45, 7) is 5.10. The molecule has 0 bridgehead atoms. The molecule has 0 spiro atoms. The molecule has 8 nitrogen and oxygen atoms in total. The molecule has 0 atom stereocenters. The van der Waals surface area contributed by atoms with E-state index in [-0.39, 0.29) is 23.9 Å². The van der Waals surface area contributed by atoms with Crippen LogP contribution in [0.4, 0.5) is 0 Å².